The van der Waals surface area contributed by atoms with Crippen LogP contribution in [0.3, 0.4) is 0 Å². The maximum absolute atomic E-state index is 5.94. The third-order valence-corrected chi connectivity index (χ3v) is 3.99. The van der Waals surface area contributed by atoms with E-state index in [1.54, 1.807) is 11.3 Å². The number of aromatic nitrogens is 2. The molecule has 3 aromatic rings. The molecule has 3 rings (SSSR count). The van der Waals surface area contributed by atoms with Crippen LogP contribution in [0.5, 0.6) is 0 Å². The Kier molecular flexibility index (Phi) is 3.35. The zero-order valence-corrected chi connectivity index (χ0v) is 12.2. The fourth-order valence-electron chi connectivity index (χ4n) is 1.73. The van der Waals surface area contributed by atoms with Gasteiger partial charge >= 0.3 is 0 Å². The summed E-state index contributed by atoms with van der Waals surface area (Å²) in [7, 11) is 0. The summed E-state index contributed by atoms with van der Waals surface area (Å²) in [4.78, 5) is 5.58. The van der Waals surface area contributed by atoms with E-state index in [1.165, 1.54) is 4.88 Å². The van der Waals surface area contributed by atoms with Gasteiger partial charge < -0.3 is 10.3 Å². The normalized spacial score (nSPS) is 10.8. The lowest BCUT2D eigenvalue weighted by atomic mass is 10.2. The lowest BCUT2D eigenvalue weighted by Gasteiger charge is -2.00. The Balaban J connectivity index is 1.88. The van der Waals surface area contributed by atoms with E-state index in [-0.39, 0.29) is 0 Å². The van der Waals surface area contributed by atoms with E-state index in [0.717, 1.165) is 10.0 Å². The Hall–Kier alpha value is -1.66. The summed E-state index contributed by atoms with van der Waals surface area (Å²) in [6.07, 6.45) is 0.678. The van der Waals surface area contributed by atoms with Crippen LogP contribution in [0.4, 0.5) is 5.69 Å². The van der Waals surface area contributed by atoms with Crippen LogP contribution in [-0.4, -0.2) is 10.1 Å². The van der Waals surface area contributed by atoms with E-state index in [1.807, 2.05) is 29.6 Å². The van der Waals surface area contributed by atoms with Crippen molar-refractivity contribution in [3.63, 3.8) is 0 Å². The molecule has 0 saturated carbocycles. The van der Waals surface area contributed by atoms with E-state index >= 15 is 0 Å². The minimum Gasteiger partial charge on any atom is -0.398 e. The SMILES string of the molecule is Nc1cc(Br)ccc1-c1nc(Cc2cccs2)no1. The maximum atomic E-state index is 5.94. The highest BCUT2D eigenvalue weighted by Gasteiger charge is 2.12. The zero-order valence-electron chi connectivity index (χ0n) is 9.84. The summed E-state index contributed by atoms with van der Waals surface area (Å²) in [5.41, 5.74) is 7.31. The lowest BCUT2D eigenvalue weighted by Crippen LogP contribution is -1.91. The van der Waals surface area contributed by atoms with Crippen LogP contribution in [0.15, 0.2) is 44.7 Å². The molecule has 2 heterocycles. The number of thiophene rings is 1. The van der Waals surface area contributed by atoms with Crippen molar-refractivity contribution in [2.45, 2.75) is 6.42 Å². The molecule has 0 fully saturated rings. The average molecular weight is 336 g/mol. The Morgan fingerprint density at radius 3 is 2.95 bits per heavy atom. The van der Waals surface area contributed by atoms with Crippen molar-refractivity contribution in [2.24, 2.45) is 0 Å². The first-order valence-electron chi connectivity index (χ1n) is 5.63. The second-order valence-corrected chi connectivity index (χ2v) is 5.95. The molecular weight excluding hydrogens is 326 g/mol. The summed E-state index contributed by atoms with van der Waals surface area (Å²) in [5.74, 6) is 1.12. The maximum Gasteiger partial charge on any atom is 0.260 e. The van der Waals surface area contributed by atoms with Gasteiger partial charge in [0.2, 0.25) is 0 Å². The highest BCUT2D eigenvalue weighted by atomic mass is 79.9. The van der Waals surface area contributed by atoms with Gasteiger partial charge in [0.05, 0.1) is 5.56 Å². The largest absolute Gasteiger partial charge is 0.398 e. The standard InChI is InChI=1S/C13H10BrN3OS/c14-8-3-4-10(11(15)6-8)13-16-12(17-18-13)7-9-2-1-5-19-9/h1-6H,7,15H2. The number of nitrogens with two attached hydrogens (primary N) is 1. The number of hydrogen-bond acceptors (Lipinski definition) is 5. The molecular formula is C13H10BrN3OS. The number of hydrogen-bond donors (Lipinski definition) is 1. The van der Waals surface area contributed by atoms with Crippen LogP contribution in [0.2, 0.25) is 0 Å². The molecule has 6 heteroatoms. The summed E-state index contributed by atoms with van der Waals surface area (Å²) in [6.45, 7) is 0. The smallest absolute Gasteiger partial charge is 0.260 e. The average Bonchev–Trinajstić information content (AvgIpc) is 3.01. The topological polar surface area (TPSA) is 64.9 Å². The Morgan fingerprint density at radius 2 is 2.21 bits per heavy atom. The molecule has 19 heavy (non-hydrogen) atoms. The van der Waals surface area contributed by atoms with E-state index in [4.69, 9.17) is 10.3 Å². The van der Waals surface area contributed by atoms with Crippen LogP contribution in [0.1, 0.15) is 10.7 Å². The molecule has 0 unspecified atom stereocenters. The molecule has 0 atom stereocenters. The van der Waals surface area contributed by atoms with Crippen LogP contribution in [-0.2, 0) is 6.42 Å². The molecule has 4 nitrogen and oxygen atoms in total. The number of benzene rings is 1. The Labute approximate surface area is 122 Å². The molecule has 0 spiro atoms. The second kappa shape index (κ2) is 5.14. The van der Waals surface area contributed by atoms with Crippen LogP contribution >= 0.6 is 27.3 Å². The highest BCUT2D eigenvalue weighted by Crippen LogP contribution is 2.27. The molecule has 0 radical (unpaired) electrons. The first-order valence-corrected chi connectivity index (χ1v) is 7.30. The van der Waals surface area contributed by atoms with Gasteiger partial charge in [-0.05, 0) is 29.6 Å². The number of nitrogens with zero attached hydrogens (tertiary/aromatic N) is 2. The monoisotopic (exact) mass is 335 g/mol. The van der Waals surface area contributed by atoms with Gasteiger partial charge in [0.25, 0.3) is 5.89 Å². The molecule has 0 amide bonds. The molecule has 2 N–H and O–H groups in total. The number of nitrogen functional groups attached to an aromatic ring is 1. The van der Waals surface area contributed by atoms with E-state index < -0.39 is 0 Å². The molecule has 0 saturated heterocycles. The molecule has 0 aliphatic heterocycles. The fourth-order valence-corrected chi connectivity index (χ4v) is 2.81. The van der Waals surface area contributed by atoms with Gasteiger partial charge in [0, 0.05) is 21.5 Å². The van der Waals surface area contributed by atoms with Crippen molar-refractivity contribution in [1.29, 1.82) is 0 Å². The minimum absolute atomic E-state index is 0.455. The van der Waals surface area contributed by atoms with Gasteiger partial charge in [0.15, 0.2) is 5.82 Å². The second-order valence-electron chi connectivity index (χ2n) is 4.00. The van der Waals surface area contributed by atoms with Gasteiger partial charge in [-0.15, -0.1) is 11.3 Å². The summed E-state index contributed by atoms with van der Waals surface area (Å²) in [6, 6.07) is 9.64. The van der Waals surface area contributed by atoms with E-state index in [9.17, 15) is 0 Å². The van der Waals surface area contributed by atoms with Gasteiger partial charge in [-0.3, -0.25) is 0 Å². The van der Waals surface area contributed by atoms with Crippen molar-refractivity contribution < 1.29 is 4.52 Å². The lowest BCUT2D eigenvalue weighted by molar-refractivity contribution is 0.424. The third-order valence-electron chi connectivity index (χ3n) is 2.62. The Morgan fingerprint density at radius 1 is 1.32 bits per heavy atom. The quantitative estimate of drug-likeness (QED) is 0.740. The predicted molar refractivity (Wildman–Crippen MR) is 79.0 cm³/mol. The first-order chi connectivity index (χ1) is 9.22. The van der Waals surface area contributed by atoms with Crippen LogP contribution in [0.25, 0.3) is 11.5 Å². The van der Waals surface area contributed by atoms with Crippen molar-refractivity contribution in [1.82, 2.24) is 10.1 Å². The fraction of sp³-hybridized carbons (Fsp3) is 0.0769. The molecule has 96 valence electrons. The summed E-state index contributed by atoms with van der Waals surface area (Å²) < 4.78 is 6.19. The van der Waals surface area contributed by atoms with Crippen LogP contribution in [0, 0.1) is 0 Å². The van der Waals surface area contributed by atoms with E-state index in [0.29, 0.717) is 23.8 Å². The van der Waals surface area contributed by atoms with Crippen molar-refractivity contribution >= 4 is 33.0 Å². The predicted octanol–water partition coefficient (Wildman–Crippen LogP) is 3.73. The minimum atomic E-state index is 0.455. The molecule has 0 bridgehead atoms. The summed E-state index contributed by atoms with van der Waals surface area (Å²) >= 11 is 5.04. The van der Waals surface area contributed by atoms with E-state index in [2.05, 4.69) is 32.1 Å². The molecule has 1 aromatic carbocycles. The molecule has 0 aliphatic carbocycles. The molecule has 2 aromatic heterocycles. The third kappa shape index (κ3) is 2.69. The van der Waals surface area contributed by atoms with Gasteiger partial charge in [-0.1, -0.05) is 27.2 Å². The number of rotatable bonds is 3. The van der Waals surface area contributed by atoms with Gasteiger partial charge in [-0.25, -0.2) is 0 Å². The zero-order chi connectivity index (χ0) is 13.2. The van der Waals surface area contributed by atoms with Crippen molar-refractivity contribution in [3.8, 4) is 11.5 Å². The first kappa shape index (κ1) is 12.4. The summed E-state index contributed by atoms with van der Waals surface area (Å²) in [5, 5.41) is 6.02. The molecule has 0 aliphatic rings. The Bertz CT molecular complexity index is 694. The highest BCUT2D eigenvalue weighted by molar-refractivity contribution is 9.10. The number of halogens is 1. The van der Waals surface area contributed by atoms with Crippen LogP contribution < -0.4 is 5.73 Å². The number of anilines is 1. The van der Waals surface area contributed by atoms with Gasteiger partial charge in [0.1, 0.15) is 0 Å². The van der Waals surface area contributed by atoms with Gasteiger partial charge in [-0.2, -0.15) is 4.98 Å². The van der Waals surface area contributed by atoms with Crippen molar-refractivity contribution in [2.75, 3.05) is 5.73 Å². The van der Waals surface area contributed by atoms with Crippen molar-refractivity contribution in [3.05, 3.63) is 50.9 Å².